The number of carbonyl (C=O) groups excluding carboxylic acids is 2. The van der Waals surface area contributed by atoms with Crippen molar-refractivity contribution in [3.8, 4) is 6.19 Å². The number of aromatic nitrogens is 1. The zero-order chi connectivity index (χ0) is 17.8. The highest BCUT2D eigenvalue weighted by molar-refractivity contribution is 8.15. The average Bonchev–Trinajstić information content (AvgIpc) is 3.12. The van der Waals surface area contributed by atoms with E-state index in [1.807, 2.05) is 18.2 Å². The van der Waals surface area contributed by atoms with Gasteiger partial charge in [-0.3, -0.25) is 14.9 Å². The van der Waals surface area contributed by atoms with Crippen LogP contribution in [0.1, 0.15) is 12.2 Å². The van der Waals surface area contributed by atoms with E-state index in [4.69, 9.17) is 9.78 Å². The Labute approximate surface area is 147 Å². The van der Waals surface area contributed by atoms with Crippen LogP contribution in [0, 0.1) is 18.4 Å². The Kier molecular flexibility index (Phi) is 4.81. The maximum absolute atomic E-state index is 12.6. The van der Waals surface area contributed by atoms with Crippen molar-refractivity contribution >= 4 is 40.2 Å². The van der Waals surface area contributed by atoms with E-state index in [1.54, 1.807) is 25.2 Å². The van der Waals surface area contributed by atoms with Gasteiger partial charge in [-0.1, -0.05) is 35.1 Å². The quantitative estimate of drug-likeness (QED) is 0.295. The molecule has 1 saturated heterocycles. The van der Waals surface area contributed by atoms with Crippen molar-refractivity contribution < 1.29 is 14.1 Å². The van der Waals surface area contributed by atoms with Crippen LogP contribution in [-0.2, 0) is 9.59 Å². The summed E-state index contributed by atoms with van der Waals surface area (Å²) in [4.78, 5) is 30.0. The number of para-hydroxylation sites is 1. The molecule has 0 unspecified atom stereocenters. The zero-order valence-electron chi connectivity index (χ0n) is 13.2. The van der Waals surface area contributed by atoms with E-state index in [-0.39, 0.29) is 23.3 Å². The summed E-state index contributed by atoms with van der Waals surface area (Å²) in [6.07, 6.45) is 1.79. The number of amides is 2. The van der Waals surface area contributed by atoms with E-state index in [2.05, 4.69) is 15.5 Å². The number of aryl methyl sites for hydroxylation is 1. The van der Waals surface area contributed by atoms with Crippen LogP contribution < -0.4 is 10.2 Å². The van der Waals surface area contributed by atoms with Crippen LogP contribution >= 0.6 is 11.8 Å². The number of hydrogen-bond donors (Lipinski definition) is 1. The van der Waals surface area contributed by atoms with Crippen molar-refractivity contribution in [1.82, 2.24) is 10.5 Å². The Bertz CT molecular complexity index is 871. The second-order valence-corrected chi connectivity index (χ2v) is 6.35. The number of nitrogens with one attached hydrogen (secondary N) is 1. The summed E-state index contributed by atoms with van der Waals surface area (Å²) in [5, 5.41) is 14.6. The maximum Gasteiger partial charge on any atom is 0.249 e. The summed E-state index contributed by atoms with van der Waals surface area (Å²) < 4.78 is 4.93. The van der Waals surface area contributed by atoms with Gasteiger partial charge in [-0.15, -0.1) is 0 Å². The fourth-order valence-corrected chi connectivity index (χ4v) is 3.25. The maximum atomic E-state index is 12.6. The Hall–Kier alpha value is -3.12. The topological polar surface area (TPSA) is 112 Å². The van der Waals surface area contributed by atoms with Crippen LogP contribution in [-0.4, -0.2) is 27.4 Å². The Balaban J connectivity index is 1.79. The number of amidine groups is 1. The standard InChI is InChI=1S/C16H13N5O3S/c1-10-7-13(20-24-10)21-14(22)8-12(15(21)23)25-16(18-9-17)19-11-5-3-2-4-6-11/h2-7,12H,8H2,1H3,(H,18,19)/t12-/m0/s1. The molecule has 1 N–H and O–H groups in total. The number of nitriles is 1. The van der Waals surface area contributed by atoms with Gasteiger partial charge in [0.05, 0.1) is 5.69 Å². The molecule has 1 fully saturated rings. The number of imide groups is 1. The Morgan fingerprint density at radius 2 is 2.20 bits per heavy atom. The van der Waals surface area contributed by atoms with Crippen molar-refractivity contribution in [3.63, 3.8) is 0 Å². The second kappa shape index (κ2) is 7.19. The number of nitrogens with zero attached hydrogens (tertiary/aromatic N) is 4. The first-order valence-electron chi connectivity index (χ1n) is 7.34. The van der Waals surface area contributed by atoms with Gasteiger partial charge in [0, 0.05) is 12.5 Å². The summed E-state index contributed by atoms with van der Waals surface area (Å²) in [6.45, 7) is 1.68. The zero-order valence-corrected chi connectivity index (χ0v) is 14.0. The molecule has 0 spiro atoms. The molecule has 1 aliphatic rings. The Morgan fingerprint density at radius 1 is 1.44 bits per heavy atom. The second-order valence-electron chi connectivity index (χ2n) is 5.16. The molecule has 8 nitrogen and oxygen atoms in total. The first kappa shape index (κ1) is 16.7. The molecule has 1 aliphatic heterocycles. The molecule has 9 heteroatoms. The normalized spacial score (nSPS) is 17.7. The van der Waals surface area contributed by atoms with Crippen LogP contribution in [0.4, 0.5) is 11.5 Å². The smallest absolute Gasteiger partial charge is 0.249 e. The van der Waals surface area contributed by atoms with Gasteiger partial charge in [-0.25, -0.2) is 9.89 Å². The molecular formula is C16H13N5O3S. The molecule has 1 aromatic heterocycles. The number of aliphatic imine (C=N–C) groups is 1. The SMILES string of the molecule is Cc1cc(N2C(=O)C[C@H](SC(=Nc3ccccc3)NC#N)C2=O)no1. The minimum atomic E-state index is -0.687. The van der Waals surface area contributed by atoms with Crippen LogP contribution in [0.15, 0.2) is 45.9 Å². The summed E-state index contributed by atoms with van der Waals surface area (Å²) in [5.41, 5.74) is 0.633. The molecule has 0 saturated carbocycles. The fraction of sp³-hybridized carbons (Fsp3) is 0.188. The summed E-state index contributed by atoms with van der Waals surface area (Å²) in [7, 11) is 0. The molecule has 1 aromatic carbocycles. The van der Waals surface area contributed by atoms with Crippen LogP contribution in [0.2, 0.25) is 0 Å². The number of hydrogen-bond acceptors (Lipinski definition) is 7. The van der Waals surface area contributed by atoms with E-state index in [1.165, 1.54) is 6.07 Å². The first-order valence-corrected chi connectivity index (χ1v) is 8.22. The van der Waals surface area contributed by atoms with Gasteiger partial charge in [0.1, 0.15) is 11.0 Å². The molecule has 0 bridgehead atoms. The summed E-state index contributed by atoms with van der Waals surface area (Å²) >= 11 is 1.03. The molecule has 126 valence electrons. The third kappa shape index (κ3) is 3.70. The number of rotatable bonds is 3. The van der Waals surface area contributed by atoms with Crippen molar-refractivity contribution in [2.75, 3.05) is 4.90 Å². The number of thioether (sulfide) groups is 1. The minimum Gasteiger partial charge on any atom is -0.360 e. The highest BCUT2D eigenvalue weighted by atomic mass is 32.2. The predicted molar refractivity (Wildman–Crippen MR) is 92.0 cm³/mol. The van der Waals surface area contributed by atoms with Gasteiger partial charge in [-0.05, 0) is 19.1 Å². The van der Waals surface area contributed by atoms with Crippen LogP contribution in [0.25, 0.3) is 0 Å². The number of benzene rings is 1. The monoisotopic (exact) mass is 355 g/mol. The van der Waals surface area contributed by atoms with E-state index >= 15 is 0 Å². The molecule has 3 rings (SSSR count). The Morgan fingerprint density at radius 3 is 2.84 bits per heavy atom. The van der Waals surface area contributed by atoms with Crippen molar-refractivity contribution in [3.05, 3.63) is 42.2 Å². The van der Waals surface area contributed by atoms with Crippen molar-refractivity contribution in [1.29, 1.82) is 5.26 Å². The largest absolute Gasteiger partial charge is 0.360 e. The summed E-state index contributed by atoms with van der Waals surface area (Å²) in [5.74, 6) is -0.106. The number of anilines is 1. The predicted octanol–water partition coefficient (Wildman–Crippen LogP) is 2.11. The van der Waals surface area contributed by atoms with Crippen molar-refractivity contribution in [2.45, 2.75) is 18.6 Å². The van der Waals surface area contributed by atoms with Gasteiger partial charge in [0.25, 0.3) is 0 Å². The minimum absolute atomic E-state index is 0.00364. The van der Waals surface area contributed by atoms with Gasteiger partial charge in [0.15, 0.2) is 17.2 Å². The lowest BCUT2D eigenvalue weighted by atomic mass is 10.3. The van der Waals surface area contributed by atoms with Crippen molar-refractivity contribution in [2.24, 2.45) is 4.99 Å². The molecule has 0 radical (unpaired) electrons. The highest BCUT2D eigenvalue weighted by Crippen LogP contribution is 2.30. The van der Waals surface area contributed by atoms with E-state index in [0.29, 0.717) is 11.4 Å². The van der Waals surface area contributed by atoms with Crippen LogP contribution in [0.3, 0.4) is 0 Å². The molecule has 2 aromatic rings. The fourth-order valence-electron chi connectivity index (χ4n) is 2.28. The molecule has 1 atom stereocenters. The van der Waals surface area contributed by atoms with Gasteiger partial charge < -0.3 is 4.52 Å². The average molecular weight is 355 g/mol. The molecule has 2 amide bonds. The van der Waals surface area contributed by atoms with E-state index in [0.717, 1.165) is 16.7 Å². The number of carbonyl (C=O) groups is 2. The first-order chi connectivity index (χ1) is 12.1. The molecule has 0 aliphatic carbocycles. The van der Waals surface area contributed by atoms with Gasteiger partial charge in [0.2, 0.25) is 11.8 Å². The van der Waals surface area contributed by atoms with Gasteiger partial charge >= 0.3 is 0 Å². The highest BCUT2D eigenvalue weighted by Gasteiger charge is 2.42. The lowest BCUT2D eigenvalue weighted by molar-refractivity contribution is -0.121. The molecule has 2 heterocycles. The molecule has 25 heavy (non-hydrogen) atoms. The molecular weight excluding hydrogens is 342 g/mol. The van der Waals surface area contributed by atoms with Crippen LogP contribution in [0.5, 0.6) is 0 Å². The van der Waals surface area contributed by atoms with Gasteiger partial charge in [-0.2, -0.15) is 5.26 Å². The third-order valence-corrected chi connectivity index (χ3v) is 4.42. The van der Waals surface area contributed by atoms with E-state index in [9.17, 15) is 9.59 Å². The van der Waals surface area contributed by atoms with E-state index < -0.39 is 11.2 Å². The lowest BCUT2D eigenvalue weighted by Crippen LogP contribution is -2.32. The summed E-state index contributed by atoms with van der Waals surface area (Å²) in [6, 6.07) is 10.5. The third-order valence-electron chi connectivity index (χ3n) is 3.35. The lowest BCUT2D eigenvalue weighted by Gasteiger charge is -2.11.